The zero-order chi connectivity index (χ0) is 14.7. The first-order valence-electron chi connectivity index (χ1n) is 7.03. The molecule has 2 heterocycles. The van der Waals surface area contributed by atoms with Gasteiger partial charge in [-0.05, 0) is 30.0 Å². The van der Waals surface area contributed by atoms with Crippen LogP contribution in [0.25, 0.3) is 0 Å². The van der Waals surface area contributed by atoms with Gasteiger partial charge in [0.05, 0.1) is 11.3 Å². The Bertz CT molecular complexity index is 625. The van der Waals surface area contributed by atoms with Crippen molar-refractivity contribution in [1.82, 2.24) is 4.90 Å². The SMILES string of the molecule is CN(CCc1cccs1)C(=O)c1cccc2c1OCCN2. The van der Waals surface area contributed by atoms with E-state index in [2.05, 4.69) is 16.8 Å². The summed E-state index contributed by atoms with van der Waals surface area (Å²) in [5.41, 5.74) is 1.53. The van der Waals surface area contributed by atoms with Crippen molar-refractivity contribution in [3.8, 4) is 5.75 Å². The minimum atomic E-state index is 0.00658. The van der Waals surface area contributed by atoms with Crippen molar-refractivity contribution in [2.75, 3.05) is 32.1 Å². The molecule has 0 aliphatic carbocycles. The second-order valence-electron chi connectivity index (χ2n) is 5.01. The van der Waals surface area contributed by atoms with Crippen LogP contribution in [0.3, 0.4) is 0 Å². The second-order valence-corrected chi connectivity index (χ2v) is 6.05. The molecule has 1 amide bonds. The highest BCUT2D eigenvalue weighted by Gasteiger charge is 2.21. The second kappa shape index (κ2) is 6.18. The molecule has 1 aromatic heterocycles. The van der Waals surface area contributed by atoms with Crippen LogP contribution in [0.5, 0.6) is 5.75 Å². The molecular weight excluding hydrogens is 284 g/mol. The molecule has 0 saturated carbocycles. The number of nitrogens with one attached hydrogen (secondary N) is 1. The summed E-state index contributed by atoms with van der Waals surface area (Å²) in [7, 11) is 1.84. The fourth-order valence-electron chi connectivity index (χ4n) is 2.38. The van der Waals surface area contributed by atoms with Crippen LogP contribution in [-0.4, -0.2) is 37.6 Å². The van der Waals surface area contributed by atoms with E-state index in [0.717, 1.165) is 18.7 Å². The van der Waals surface area contributed by atoms with E-state index in [9.17, 15) is 4.79 Å². The van der Waals surface area contributed by atoms with Crippen molar-refractivity contribution in [1.29, 1.82) is 0 Å². The summed E-state index contributed by atoms with van der Waals surface area (Å²) in [6.07, 6.45) is 0.883. The Morgan fingerprint density at radius 1 is 1.38 bits per heavy atom. The largest absolute Gasteiger partial charge is 0.489 e. The molecular formula is C16H18N2O2S. The van der Waals surface area contributed by atoms with Crippen molar-refractivity contribution in [3.63, 3.8) is 0 Å². The normalized spacial score (nSPS) is 13.0. The number of thiophene rings is 1. The van der Waals surface area contributed by atoms with Gasteiger partial charge in [-0.3, -0.25) is 4.79 Å². The number of fused-ring (bicyclic) bond motifs is 1. The molecule has 3 rings (SSSR count). The molecule has 4 nitrogen and oxygen atoms in total. The van der Waals surface area contributed by atoms with Gasteiger partial charge in [-0.1, -0.05) is 12.1 Å². The standard InChI is InChI=1S/C16H18N2O2S/c1-18(9-7-12-4-3-11-21-12)16(19)13-5-2-6-14-15(13)20-10-8-17-14/h2-6,11,17H,7-10H2,1H3. The first kappa shape index (κ1) is 13.9. The third kappa shape index (κ3) is 3.03. The van der Waals surface area contributed by atoms with E-state index in [4.69, 9.17) is 4.74 Å². The highest BCUT2D eigenvalue weighted by Crippen LogP contribution is 2.31. The molecule has 0 radical (unpaired) electrons. The maximum Gasteiger partial charge on any atom is 0.257 e. The van der Waals surface area contributed by atoms with Crippen LogP contribution in [0.15, 0.2) is 35.7 Å². The van der Waals surface area contributed by atoms with E-state index in [1.807, 2.05) is 31.3 Å². The number of nitrogens with zero attached hydrogens (tertiary/aromatic N) is 1. The molecule has 1 aliphatic heterocycles. The Hall–Kier alpha value is -2.01. The van der Waals surface area contributed by atoms with Crippen molar-refractivity contribution in [2.45, 2.75) is 6.42 Å². The quantitative estimate of drug-likeness (QED) is 0.944. The zero-order valence-corrected chi connectivity index (χ0v) is 12.8. The van der Waals surface area contributed by atoms with Crippen LogP contribution in [0.2, 0.25) is 0 Å². The summed E-state index contributed by atoms with van der Waals surface area (Å²) >= 11 is 1.72. The number of amides is 1. The lowest BCUT2D eigenvalue weighted by atomic mass is 10.1. The maximum absolute atomic E-state index is 12.6. The summed E-state index contributed by atoms with van der Waals surface area (Å²) in [5, 5.41) is 5.32. The molecule has 0 spiro atoms. The fourth-order valence-corrected chi connectivity index (χ4v) is 3.08. The van der Waals surface area contributed by atoms with Crippen LogP contribution in [0.1, 0.15) is 15.2 Å². The van der Waals surface area contributed by atoms with Crippen LogP contribution >= 0.6 is 11.3 Å². The summed E-state index contributed by atoms with van der Waals surface area (Å²) in [6, 6.07) is 9.79. The molecule has 0 bridgehead atoms. The summed E-state index contributed by atoms with van der Waals surface area (Å²) in [6.45, 7) is 2.07. The number of benzene rings is 1. The van der Waals surface area contributed by atoms with Crippen LogP contribution < -0.4 is 10.1 Å². The van der Waals surface area contributed by atoms with Gasteiger partial charge in [-0.2, -0.15) is 0 Å². The Labute approximate surface area is 128 Å². The number of ether oxygens (including phenoxy) is 1. The van der Waals surface area contributed by atoms with Gasteiger partial charge in [0, 0.05) is 25.0 Å². The van der Waals surface area contributed by atoms with Gasteiger partial charge >= 0.3 is 0 Å². The number of hydrogen-bond donors (Lipinski definition) is 1. The van der Waals surface area contributed by atoms with Gasteiger partial charge < -0.3 is 15.0 Å². The van der Waals surface area contributed by atoms with E-state index in [-0.39, 0.29) is 5.91 Å². The maximum atomic E-state index is 12.6. The fraction of sp³-hybridized carbons (Fsp3) is 0.312. The zero-order valence-electron chi connectivity index (χ0n) is 12.0. The first-order valence-corrected chi connectivity index (χ1v) is 7.91. The molecule has 110 valence electrons. The van der Waals surface area contributed by atoms with Crippen molar-refractivity contribution < 1.29 is 9.53 Å². The molecule has 0 saturated heterocycles. The molecule has 5 heteroatoms. The van der Waals surface area contributed by atoms with Gasteiger partial charge in [0.15, 0.2) is 5.75 Å². The number of rotatable bonds is 4. The first-order chi connectivity index (χ1) is 10.3. The highest BCUT2D eigenvalue weighted by molar-refractivity contribution is 7.09. The molecule has 0 unspecified atom stereocenters. The molecule has 21 heavy (non-hydrogen) atoms. The summed E-state index contributed by atoms with van der Waals surface area (Å²) < 4.78 is 5.67. The average molecular weight is 302 g/mol. The van der Waals surface area contributed by atoms with Gasteiger partial charge in [0.2, 0.25) is 0 Å². The van der Waals surface area contributed by atoms with Crippen LogP contribution in [0, 0.1) is 0 Å². The highest BCUT2D eigenvalue weighted by atomic mass is 32.1. The molecule has 0 atom stereocenters. The molecule has 0 fully saturated rings. The molecule has 1 aliphatic rings. The third-order valence-electron chi connectivity index (χ3n) is 3.53. The van der Waals surface area contributed by atoms with Crippen LogP contribution in [0.4, 0.5) is 5.69 Å². The number of anilines is 1. The van der Waals surface area contributed by atoms with Crippen molar-refractivity contribution in [2.24, 2.45) is 0 Å². The van der Waals surface area contributed by atoms with Crippen molar-refractivity contribution >= 4 is 22.9 Å². The molecule has 1 N–H and O–H groups in total. The molecule has 1 aromatic carbocycles. The molecule has 2 aromatic rings. The Kier molecular flexibility index (Phi) is 4.10. The summed E-state index contributed by atoms with van der Waals surface area (Å²) in [5.74, 6) is 0.684. The van der Waals surface area contributed by atoms with Gasteiger partial charge in [-0.25, -0.2) is 0 Å². The number of carbonyl (C=O) groups excluding carboxylic acids is 1. The Morgan fingerprint density at radius 2 is 2.29 bits per heavy atom. The summed E-state index contributed by atoms with van der Waals surface area (Å²) in [4.78, 5) is 15.6. The van der Waals surface area contributed by atoms with E-state index in [1.165, 1.54) is 4.88 Å². The van der Waals surface area contributed by atoms with Gasteiger partial charge in [0.1, 0.15) is 6.61 Å². The minimum Gasteiger partial charge on any atom is -0.489 e. The monoisotopic (exact) mass is 302 g/mol. The van der Waals surface area contributed by atoms with Crippen molar-refractivity contribution in [3.05, 3.63) is 46.2 Å². The average Bonchev–Trinajstić information content (AvgIpc) is 3.05. The van der Waals surface area contributed by atoms with Crippen LogP contribution in [-0.2, 0) is 6.42 Å². The number of hydrogen-bond acceptors (Lipinski definition) is 4. The van der Waals surface area contributed by atoms with E-state index >= 15 is 0 Å². The lowest BCUT2D eigenvalue weighted by Gasteiger charge is -2.23. The van der Waals surface area contributed by atoms with E-state index in [1.54, 1.807) is 16.2 Å². The number of likely N-dealkylation sites (N-methyl/N-ethyl adjacent to an activating group) is 1. The van der Waals surface area contributed by atoms with Gasteiger partial charge in [-0.15, -0.1) is 11.3 Å². The number of para-hydroxylation sites is 1. The Balaban J connectivity index is 1.72. The topological polar surface area (TPSA) is 41.6 Å². The van der Waals surface area contributed by atoms with Gasteiger partial charge in [0.25, 0.3) is 5.91 Å². The smallest absolute Gasteiger partial charge is 0.257 e. The van der Waals surface area contributed by atoms with E-state index in [0.29, 0.717) is 24.5 Å². The Morgan fingerprint density at radius 3 is 3.10 bits per heavy atom. The number of carbonyl (C=O) groups is 1. The predicted molar refractivity (Wildman–Crippen MR) is 85.4 cm³/mol. The van der Waals surface area contributed by atoms with E-state index < -0.39 is 0 Å². The predicted octanol–water partition coefficient (Wildman–Crippen LogP) is 2.87. The third-order valence-corrected chi connectivity index (χ3v) is 4.47. The lowest BCUT2D eigenvalue weighted by Crippen LogP contribution is -2.30. The minimum absolute atomic E-state index is 0.00658. The lowest BCUT2D eigenvalue weighted by molar-refractivity contribution is 0.0792.